The number of fused-ring (bicyclic) bond motifs is 3. The van der Waals surface area contributed by atoms with Crippen LogP contribution in [0.4, 0.5) is 27.6 Å². The predicted octanol–water partition coefficient (Wildman–Crippen LogP) is 5.91. The van der Waals surface area contributed by atoms with Crippen molar-refractivity contribution in [1.29, 1.82) is 0 Å². The van der Waals surface area contributed by atoms with Crippen molar-refractivity contribution < 1.29 is 36.3 Å². The number of esters is 1. The van der Waals surface area contributed by atoms with Gasteiger partial charge in [0, 0.05) is 40.6 Å². The van der Waals surface area contributed by atoms with Crippen molar-refractivity contribution in [2.45, 2.75) is 25.7 Å². The molecule has 0 radical (unpaired) electrons. The number of aromatic nitrogens is 2. The fourth-order valence-electron chi connectivity index (χ4n) is 4.47. The minimum absolute atomic E-state index is 0.0240. The monoisotopic (exact) mass is 564 g/mol. The van der Waals surface area contributed by atoms with Gasteiger partial charge in [0.05, 0.1) is 18.2 Å². The Morgan fingerprint density at radius 3 is 2.64 bits per heavy atom. The van der Waals surface area contributed by atoms with Crippen LogP contribution in [0.25, 0.3) is 5.65 Å². The third-order valence-electron chi connectivity index (χ3n) is 6.09. The first-order valence-corrected chi connectivity index (χ1v) is 11.9. The highest BCUT2D eigenvalue weighted by Gasteiger charge is 2.37. The number of benzene rings is 2. The van der Waals surface area contributed by atoms with Crippen molar-refractivity contribution in [3.8, 4) is 0 Å². The molecule has 2 N–H and O–H groups in total. The number of nitrogens with zero attached hydrogens (tertiary/aromatic N) is 2. The Bertz CT molecular complexity index is 1640. The lowest BCUT2D eigenvalue weighted by molar-refractivity contribution is -0.137. The average molecular weight is 565 g/mol. The maximum Gasteiger partial charge on any atom is 0.416 e. The van der Waals surface area contributed by atoms with Gasteiger partial charge in [-0.25, -0.2) is 18.6 Å². The lowest BCUT2D eigenvalue weighted by Gasteiger charge is -2.19. The Kier molecular flexibility index (Phi) is 6.67. The van der Waals surface area contributed by atoms with Crippen LogP contribution in [-0.4, -0.2) is 27.9 Å². The van der Waals surface area contributed by atoms with Gasteiger partial charge in [0.1, 0.15) is 23.0 Å². The van der Waals surface area contributed by atoms with E-state index in [1.165, 1.54) is 22.7 Å². The maximum absolute atomic E-state index is 14.2. The third-order valence-corrected chi connectivity index (χ3v) is 6.44. The molecule has 1 amide bonds. The van der Waals surface area contributed by atoms with Gasteiger partial charge in [-0.3, -0.25) is 9.20 Å². The number of amides is 1. The highest BCUT2D eigenvalue weighted by molar-refractivity contribution is 6.31. The van der Waals surface area contributed by atoms with Gasteiger partial charge in [0.15, 0.2) is 5.69 Å². The van der Waals surface area contributed by atoms with Gasteiger partial charge in [-0.15, -0.1) is 0 Å². The van der Waals surface area contributed by atoms with Crippen LogP contribution in [0.5, 0.6) is 0 Å². The Morgan fingerprint density at radius 2 is 1.92 bits per heavy atom. The molecule has 0 saturated heterocycles. The van der Waals surface area contributed by atoms with Crippen LogP contribution in [0, 0.1) is 11.6 Å². The molecule has 1 aliphatic heterocycles. The number of imidazole rings is 1. The average Bonchev–Trinajstić information content (AvgIpc) is 3.44. The SMILES string of the molecule is CCOC(=O)c1cn2c3c(c(NCc4cc(F)cc(C(F)(F)F)c4)cc2n1)C(c1cc(F)ccc1Cl)NC3=O. The summed E-state index contributed by atoms with van der Waals surface area (Å²) in [6, 6.07) is 6.25. The molecule has 13 heteroatoms. The number of anilines is 1. The number of alkyl halides is 3. The van der Waals surface area contributed by atoms with Crippen molar-refractivity contribution in [3.63, 3.8) is 0 Å². The van der Waals surface area contributed by atoms with Gasteiger partial charge >= 0.3 is 12.1 Å². The molecule has 3 heterocycles. The molecule has 2 aromatic heterocycles. The second kappa shape index (κ2) is 9.84. The number of rotatable bonds is 6. The van der Waals surface area contributed by atoms with E-state index in [2.05, 4.69) is 15.6 Å². The van der Waals surface area contributed by atoms with E-state index in [4.69, 9.17) is 16.3 Å². The summed E-state index contributed by atoms with van der Waals surface area (Å²) in [6.45, 7) is 1.43. The summed E-state index contributed by atoms with van der Waals surface area (Å²) in [5.41, 5.74) is -0.356. The quantitative estimate of drug-likeness (QED) is 0.225. The molecule has 39 heavy (non-hydrogen) atoms. The van der Waals surface area contributed by atoms with E-state index < -0.39 is 41.3 Å². The first-order valence-electron chi connectivity index (χ1n) is 11.6. The van der Waals surface area contributed by atoms with E-state index >= 15 is 0 Å². The van der Waals surface area contributed by atoms with Crippen molar-refractivity contribution in [2.24, 2.45) is 0 Å². The second-order valence-corrected chi connectivity index (χ2v) is 9.07. The topological polar surface area (TPSA) is 84.7 Å². The number of hydrogen-bond acceptors (Lipinski definition) is 5. The maximum atomic E-state index is 14.2. The van der Waals surface area contributed by atoms with Crippen molar-refractivity contribution >= 4 is 34.8 Å². The van der Waals surface area contributed by atoms with E-state index in [9.17, 15) is 31.5 Å². The number of pyridine rings is 1. The summed E-state index contributed by atoms with van der Waals surface area (Å²) < 4.78 is 74.1. The minimum atomic E-state index is -4.76. The first kappa shape index (κ1) is 26.4. The smallest absolute Gasteiger partial charge is 0.416 e. The minimum Gasteiger partial charge on any atom is -0.461 e. The highest BCUT2D eigenvalue weighted by Crippen LogP contribution is 2.40. The lowest BCUT2D eigenvalue weighted by Crippen LogP contribution is -2.21. The molecule has 202 valence electrons. The van der Waals surface area contributed by atoms with Gasteiger partial charge in [0.25, 0.3) is 5.91 Å². The van der Waals surface area contributed by atoms with Crippen LogP contribution in [0.2, 0.25) is 5.02 Å². The predicted molar refractivity (Wildman–Crippen MR) is 131 cm³/mol. The molecule has 0 saturated carbocycles. The summed E-state index contributed by atoms with van der Waals surface area (Å²) in [7, 11) is 0. The number of hydrogen-bond donors (Lipinski definition) is 2. The molecule has 4 aromatic rings. The molecule has 0 spiro atoms. The second-order valence-electron chi connectivity index (χ2n) is 8.67. The molecule has 1 unspecified atom stereocenters. The molecule has 0 fully saturated rings. The summed E-state index contributed by atoms with van der Waals surface area (Å²) in [6.07, 6.45) is -3.45. The molecular weight excluding hydrogens is 547 g/mol. The number of ether oxygens (including phenoxy) is 1. The van der Waals surface area contributed by atoms with E-state index in [0.717, 1.165) is 24.3 Å². The van der Waals surface area contributed by atoms with Gasteiger partial charge in [-0.2, -0.15) is 13.2 Å². The summed E-state index contributed by atoms with van der Waals surface area (Å²) in [5.74, 6) is -3.01. The molecule has 1 aliphatic rings. The standard InChI is InChI=1S/C26H18ClF5N4O3/c1-2-39-25(38)19-11-36-20(34-19)9-18(33-10-12-5-13(26(30,31)32)7-15(29)6-12)21-22(35-24(37)23(21)36)16-8-14(28)3-4-17(16)27/h3-9,11,22,33H,2,10H2,1H3,(H,35,37). The molecule has 7 nitrogen and oxygen atoms in total. The number of carbonyl (C=O) groups is 2. The summed E-state index contributed by atoms with van der Waals surface area (Å²) >= 11 is 6.33. The van der Waals surface area contributed by atoms with Gasteiger partial charge in [-0.05, 0) is 48.9 Å². The Morgan fingerprint density at radius 1 is 1.15 bits per heavy atom. The van der Waals surface area contributed by atoms with Crippen molar-refractivity contribution in [3.05, 3.63) is 99.0 Å². The van der Waals surface area contributed by atoms with Crippen molar-refractivity contribution in [2.75, 3.05) is 11.9 Å². The molecule has 2 aromatic carbocycles. The molecule has 0 bridgehead atoms. The fourth-order valence-corrected chi connectivity index (χ4v) is 4.69. The fraction of sp³-hybridized carbons (Fsp3) is 0.192. The zero-order chi connectivity index (χ0) is 28.1. The van der Waals surface area contributed by atoms with Crippen LogP contribution in [-0.2, 0) is 17.5 Å². The van der Waals surface area contributed by atoms with E-state index in [1.54, 1.807) is 6.92 Å². The Balaban J connectivity index is 1.65. The highest BCUT2D eigenvalue weighted by atomic mass is 35.5. The van der Waals surface area contributed by atoms with E-state index in [-0.39, 0.29) is 57.6 Å². The molecule has 1 atom stereocenters. The Labute approximate surface area is 222 Å². The van der Waals surface area contributed by atoms with Crippen LogP contribution < -0.4 is 10.6 Å². The van der Waals surface area contributed by atoms with Gasteiger partial charge in [-0.1, -0.05) is 11.6 Å². The zero-order valence-corrected chi connectivity index (χ0v) is 20.8. The zero-order valence-electron chi connectivity index (χ0n) is 20.0. The van der Waals surface area contributed by atoms with E-state index in [1.807, 2.05) is 0 Å². The van der Waals surface area contributed by atoms with Crippen LogP contribution >= 0.6 is 11.6 Å². The third kappa shape index (κ3) is 4.99. The van der Waals surface area contributed by atoms with Crippen LogP contribution in [0.15, 0.2) is 48.7 Å². The Hall–Kier alpha value is -4.19. The normalized spacial score (nSPS) is 14.8. The number of carbonyl (C=O) groups excluding carboxylic acids is 2. The van der Waals surface area contributed by atoms with Crippen LogP contribution in [0.3, 0.4) is 0 Å². The molecular formula is C26H18ClF5N4O3. The summed E-state index contributed by atoms with van der Waals surface area (Å²) in [4.78, 5) is 29.7. The van der Waals surface area contributed by atoms with Gasteiger partial charge in [0.2, 0.25) is 0 Å². The summed E-state index contributed by atoms with van der Waals surface area (Å²) in [5, 5.41) is 5.83. The van der Waals surface area contributed by atoms with Crippen molar-refractivity contribution in [1.82, 2.24) is 14.7 Å². The first-order chi connectivity index (χ1) is 18.5. The largest absolute Gasteiger partial charge is 0.461 e. The van der Waals surface area contributed by atoms with E-state index in [0.29, 0.717) is 6.07 Å². The number of halogens is 6. The lowest BCUT2D eigenvalue weighted by atomic mass is 9.98. The molecule has 5 rings (SSSR count). The van der Waals surface area contributed by atoms with Crippen LogP contribution in [0.1, 0.15) is 56.2 Å². The number of nitrogens with one attached hydrogen (secondary N) is 2. The van der Waals surface area contributed by atoms with Gasteiger partial charge < -0.3 is 15.4 Å². The molecule has 0 aliphatic carbocycles.